The monoisotopic (exact) mass is 552 g/mol. The number of amides is 2. The molecule has 6 nitrogen and oxygen atoms in total. The van der Waals surface area contributed by atoms with Gasteiger partial charge in [-0.2, -0.15) is 0 Å². The van der Waals surface area contributed by atoms with Crippen molar-refractivity contribution >= 4 is 85.2 Å². The summed E-state index contributed by atoms with van der Waals surface area (Å²) < 4.78 is 14.1. The van der Waals surface area contributed by atoms with Crippen LogP contribution in [-0.2, 0) is 15.3 Å². The lowest BCUT2D eigenvalue weighted by Gasteiger charge is -2.13. The van der Waals surface area contributed by atoms with Crippen LogP contribution in [0.4, 0.5) is 9.52 Å². The fourth-order valence-corrected chi connectivity index (χ4v) is 6.55. The van der Waals surface area contributed by atoms with E-state index in [1.165, 1.54) is 44.7 Å². The highest BCUT2D eigenvalue weighted by atomic mass is 32.2. The zero-order valence-corrected chi connectivity index (χ0v) is 21.8. The molecule has 0 radical (unpaired) electrons. The van der Waals surface area contributed by atoms with Crippen LogP contribution in [0.5, 0.6) is 0 Å². The van der Waals surface area contributed by atoms with E-state index in [9.17, 15) is 14.0 Å². The van der Waals surface area contributed by atoms with Crippen LogP contribution in [0.15, 0.2) is 76.0 Å². The normalized spacial score (nSPS) is 14.7. The van der Waals surface area contributed by atoms with Crippen molar-refractivity contribution < 1.29 is 14.0 Å². The lowest BCUT2D eigenvalue weighted by molar-refractivity contribution is -0.126. The number of nitrogens with zero attached hydrogens (tertiary/aromatic N) is 3. The van der Waals surface area contributed by atoms with Crippen LogP contribution >= 0.6 is 47.1 Å². The number of nitrogens with one attached hydrogen (secondary N) is 1. The van der Waals surface area contributed by atoms with Gasteiger partial charge in [0.2, 0.25) is 11.0 Å². The zero-order valence-electron chi connectivity index (χ0n) is 18.5. The summed E-state index contributed by atoms with van der Waals surface area (Å²) in [7, 11) is 0. The van der Waals surface area contributed by atoms with Crippen molar-refractivity contribution in [2.45, 2.75) is 10.1 Å². The average molecular weight is 553 g/mol. The van der Waals surface area contributed by atoms with Gasteiger partial charge in [0.25, 0.3) is 5.91 Å². The summed E-state index contributed by atoms with van der Waals surface area (Å²) in [6.07, 6.45) is 1.63. The number of aromatic nitrogens is 2. The second-order valence-corrected chi connectivity index (χ2v) is 11.5. The molecule has 0 aliphatic carbocycles. The topological polar surface area (TPSA) is 75.2 Å². The summed E-state index contributed by atoms with van der Waals surface area (Å²) in [5, 5.41) is 13.6. The molecule has 11 heteroatoms. The summed E-state index contributed by atoms with van der Waals surface area (Å²) in [6, 6.07) is 20.2. The van der Waals surface area contributed by atoms with Crippen molar-refractivity contribution in [1.29, 1.82) is 0 Å². The molecule has 0 unspecified atom stereocenters. The molecule has 0 spiro atoms. The first kappa shape index (κ1) is 24.6. The van der Waals surface area contributed by atoms with Crippen LogP contribution in [0.2, 0.25) is 0 Å². The van der Waals surface area contributed by atoms with Crippen molar-refractivity contribution in [3.05, 3.63) is 88.6 Å². The van der Waals surface area contributed by atoms with Crippen molar-refractivity contribution in [2.24, 2.45) is 0 Å². The van der Waals surface area contributed by atoms with Crippen LogP contribution in [0.3, 0.4) is 0 Å². The molecule has 0 saturated carbocycles. The van der Waals surface area contributed by atoms with Gasteiger partial charge in [-0.1, -0.05) is 102 Å². The standard InChI is InChI=1S/C25H17FN4O2S4/c26-18-10-8-15(9-11-18)12-20-22(32)30(25(33)35-20)13-21(31)27-23-28-29-24(36-23)34-14-17-6-3-5-16-4-1-2-7-19(16)17/h1-12H,13-14H2,(H,27,28,31)/b20-12-. The number of anilines is 1. The Labute approximate surface area is 224 Å². The van der Waals surface area contributed by atoms with Crippen molar-refractivity contribution in [3.8, 4) is 0 Å². The molecule has 36 heavy (non-hydrogen) atoms. The van der Waals surface area contributed by atoms with E-state index in [4.69, 9.17) is 12.2 Å². The van der Waals surface area contributed by atoms with Gasteiger partial charge in [0.1, 0.15) is 16.7 Å². The van der Waals surface area contributed by atoms with Gasteiger partial charge in [-0.25, -0.2) is 4.39 Å². The minimum absolute atomic E-state index is 0.233. The lowest BCUT2D eigenvalue weighted by atomic mass is 10.1. The maximum Gasteiger partial charge on any atom is 0.266 e. The Morgan fingerprint density at radius 2 is 1.86 bits per heavy atom. The second kappa shape index (κ2) is 10.9. The fourth-order valence-electron chi connectivity index (χ4n) is 3.53. The number of thioether (sulfide) groups is 2. The number of hydrogen-bond donors (Lipinski definition) is 1. The molecule has 4 aromatic rings. The zero-order chi connectivity index (χ0) is 25.1. The molecule has 1 N–H and O–H groups in total. The minimum atomic E-state index is -0.420. The lowest BCUT2D eigenvalue weighted by Crippen LogP contribution is -2.36. The average Bonchev–Trinajstić information content (AvgIpc) is 3.43. The number of fused-ring (bicyclic) bond motifs is 1. The molecule has 2 heterocycles. The van der Waals surface area contributed by atoms with Gasteiger partial charge < -0.3 is 0 Å². The molecule has 2 amide bonds. The Morgan fingerprint density at radius 3 is 2.69 bits per heavy atom. The van der Waals surface area contributed by atoms with Crippen molar-refractivity contribution in [1.82, 2.24) is 15.1 Å². The third-order valence-corrected chi connectivity index (χ3v) is 8.63. The number of benzene rings is 3. The largest absolute Gasteiger partial charge is 0.299 e. The minimum Gasteiger partial charge on any atom is -0.299 e. The smallest absolute Gasteiger partial charge is 0.266 e. The van der Waals surface area contributed by atoms with E-state index < -0.39 is 5.91 Å². The predicted molar refractivity (Wildman–Crippen MR) is 148 cm³/mol. The Bertz CT molecular complexity index is 1500. The molecule has 0 atom stereocenters. The molecule has 1 saturated heterocycles. The molecule has 3 aromatic carbocycles. The summed E-state index contributed by atoms with van der Waals surface area (Å²) in [5.41, 5.74) is 1.87. The van der Waals surface area contributed by atoms with Gasteiger partial charge in [-0.3, -0.25) is 19.8 Å². The fraction of sp³-hybridized carbons (Fsp3) is 0.0800. The van der Waals surface area contributed by atoms with Gasteiger partial charge >= 0.3 is 0 Å². The van der Waals surface area contributed by atoms with Gasteiger partial charge in [0, 0.05) is 5.75 Å². The van der Waals surface area contributed by atoms with Crippen LogP contribution in [-0.4, -0.2) is 37.8 Å². The predicted octanol–water partition coefficient (Wildman–Crippen LogP) is 5.96. The van der Waals surface area contributed by atoms with Crippen LogP contribution < -0.4 is 5.32 Å². The van der Waals surface area contributed by atoms with E-state index in [0.717, 1.165) is 21.9 Å². The molecule has 1 fully saturated rings. The summed E-state index contributed by atoms with van der Waals surface area (Å²) >= 11 is 9.22. The number of thiocarbonyl (C=S) groups is 1. The molecular formula is C25H17FN4O2S4. The van der Waals surface area contributed by atoms with E-state index in [1.54, 1.807) is 30.0 Å². The van der Waals surface area contributed by atoms with Crippen LogP contribution in [0.25, 0.3) is 16.8 Å². The van der Waals surface area contributed by atoms with E-state index in [-0.39, 0.29) is 22.6 Å². The summed E-state index contributed by atoms with van der Waals surface area (Å²) in [5.74, 6) is -0.423. The first-order valence-electron chi connectivity index (χ1n) is 10.7. The Hall–Kier alpha value is -3.12. The van der Waals surface area contributed by atoms with Gasteiger partial charge in [0.15, 0.2) is 4.34 Å². The maximum absolute atomic E-state index is 13.1. The highest BCUT2D eigenvalue weighted by molar-refractivity contribution is 8.26. The number of halogens is 1. The van der Waals surface area contributed by atoms with Crippen molar-refractivity contribution in [3.63, 3.8) is 0 Å². The number of hydrogen-bond acceptors (Lipinski definition) is 8. The summed E-state index contributed by atoms with van der Waals surface area (Å²) in [6.45, 7) is -0.233. The van der Waals surface area contributed by atoms with E-state index in [0.29, 0.717) is 15.6 Å². The van der Waals surface area contributed by atoms with Crippen LogP contribution in [0.1, 0.15) is 11.1 Å². The Morgan fingerprint density at radius 1 is 1.08 bits per heavy atom. The highest BCUT2D eigenvalue weighted by Gasteiger charge is 2.33. The number of carbonyl (C=O) groups is 2. The third kappa shape index (κ3) is 5.65. The molecule has 5 rings (SSSR count). The Kier molecular flexibility index (Phi) is 7.42. The Balaban J connectivity index is 1.18. The van der Waals surface area contributed by atoms with Gasteiger partial charge in [0.05, 0.1) is 4.91 Å². The van der Waals surface area contributed by atoms with E-state index >= 15 is 0 Å². The molecule has 1 aliphatic heterocycles. The number of carbonyl (C=O) groups excluding carboxylic acids is 2. The first-order chi connectivity index (χ1) is 17.5. The number of rotatable bonds is 7. The first-order valence-corrected chi connectivity index (χ1v) is 13.7. The van der Waals surface area contributed by atoms with E-state index in [1.807, 2.05) is 18.2 Å². The molecule has 1 aromatic heterocycles. The molecule has 1 aliphatic rings. The SMILES string of the molecule is O=C(CN1C(=O)/C(=C/c2ccc(F)cc2)SC1=S)Nc1nnc(SCc2cccc3ccccc23)s1. The van der Waals surface area contributed by atoms with Crippen molar-refractivity contribution in [2.75, 3.05) is 11.9 Å². The van der Waals surface area contributed by atoms with Crippen LogP contribution in [0, 0.1) is 5.82 Å². The highest BCUT2D eigenvalue weighted by Crippen LogP contribution is 2.33. The molecular weight excluding hydrogens is 536 g/mol. The van der Waals surface area contributed by atoms with Gasteiger partial charge in [-0.05, 0) is 40.1 Å². The van der Waals surface area contributed by atoms with E-state index in [2.05, 4.69) is 39.8 Å². The second-order valence-electron chi connectivity index (χ2n) is 7.67. The summed E-state index contributed by atoms with van der Waals surface area (Å²) in [4.78, 5) is 27.0. The molecule has 0 bridgehead atoms. The molecule has 180 valence electrons. The quantitative estimate of drug-likeness (QED) is 0.131. The maximum atomic E-state index is 13.1. The van der Waals surface area contributed by atoms with Gasteiger partial charge in [-0.15, -0.1) is 10.2 Å². The third-order valence-electron chi connectivity index (χ3n) is 5.23.